The van der Waals surface area contributed by atoms with Gasteiger partial charge in [0.1, 0.15) is 22.8 Å². The molecule has 1 aliphatic heterocycles. The van der Waals surface area contributed by atoms with Crippen LogP contribution in [0.1, 0.15) is 61.1 Å². The van der Waals surface area contributed by atoms with Crippen molar-refractivity contribution in [2.75, 3.05) is 27.7 Å². The van der Waals surface area contributed by atoms with E-state index in [2.05, 4.69) is 40.3 Å². The van der Waals surface area contributed by atoms with E-state index in [1.165, 1.54) is 19.3 Å². The number of fused-ring (bicyclic) bond motifs is 1. The molecule has 0 fully saturated rings. The van der Waals surface area contributed by atoms with Crippen molar-refractivity contribution in [3.8, 4) is 0 Å². The number of guanidine groups is 1. The first kappa shape index (κ1) is 25.0. The number of thiazole rings is 1. The van der Waals surface area contributed by atoms with Crippen LogP contribution in [0.5, 0.6) is 0 Å². The summed E-state index contributed by atoms with van der Waals surface area (Å²) < 4.78 is 7.68. The fraction of sp³-hybridized carbons (Fsp3) is 0.700. The first-order valence-corrected chi connectivity index (χ1v) is 11.3. The van der Waals surface area contributed by atoms with Gasteiger partial charge in [0.2, 0.25) is 0 Å². The number of nitrogens with zero attached hydrogens (tertiary/aromatic N) is 6. The second kappa shape index (κ2) is 12.6. The maximum absolute atomic E-state index is 5.35. The number of rotatable bonds is 8. The largest absolute Gasteiger partial charge is 0.375 e. The lowest BCUT2D eigenvalue weighted by Crippen LogP contribution is -2.39. The summed E-state index contributed by atoms with van der Waals surface area (Å²) in [5.74, 6) is 3.15. The van der Waals surface area contributed by atoms with Gasteiger partial charge in [0, 0.05) is 52.5 Å². The van der Waals surface area contributed by atoms with Crippen molar-refractivity contribution in [1.29, 1.82) is 0 Å². The van der Waals surface area contributed by atoms with E-state index in [4.69, 9.17) is 4.74 Å². The number of hydrogen-bond donors (Lipinski definition) is 1. The smallest absolute Gasteiger partial charge is 0.193 e. The summed E-state index contributed by atoms with van der Waals surface area (Å²) in [6.07, 6.45) is 6.77. The fourth-order valence-corrected chi connectivity index (χ4v) is 4.40. The van der Waals surface area contributed by atoms with Crippen molar-refractivity contribution in [3.63, 3.8) is 0 Å². The van der Waals surface area contributed by atoms with Crippen molar-refractivity contribution in [2.45, 2.75) is 64.6 Å². The van der Waals surface area contributed by atoms with Gasteiger partial charge in [-0.2, -0.15) is 0 Å². The van der Waals surface area contributed by atoms with Crippen molar-refractivity contribution >= 4 is 41.3 Å². The van der Waals surface area contributed by atoms with Crippen LogP contribution in [0.4, 0.5) is 0 Å². The Balaban J connectivity index is 0.00000320. The molecule has 30 heavy (non-hydrogen) atoms. The van der Waals surface area contributed by atoms with Crippen LogP contribution in [-0.4, -0.2) is 58.4 Å². The number of halogens is 1. The van der Waals surface area contributed by atoms with Crippen LogP contribution in [0.2, 0.25) is 0 Å². The van der Waals surface area contributed by atoms with Gasteiger partial charge in [-0.05, 0) is 26.2 Å². The highest BCUT2D eigenvalue weighted by Gasteiger charge is 2.15. The highest BCUT2D eigenvalue weighted by Crippen LogP contribution is 2.21. The summed E-state index contributed by atoms with van der Waals surface area (Å²) in [4.78, 5) is 11.2. The summed E-state index contributed by atoms with van der Waals surface area (Å²) >= 11 is 1.64. The molecule has 168 valence electrons. The van der Waals surface area contributed by atoms with E-state index in [0.717, 1.165) is 60.7 Å². The molecule has 1 atom stereocenters. The zero-order valence-electron chi connectivity index (χ0n) is 18.4. The van der Waals surface area contributed by atoms with Crippen LogP contribution in [0.25, 0.3) is 0 Å². The Hall–Kier alpha value is -1.27. The molecule has 1 unspecified atom stereocenters. The van der Waals surface area contributed by atoms with Crippen LogP contribution < -0.4 is 5.32 Å². The number of hydrogen-bond acceptors (Lipinski definition) is 6. The molecule has 0 amide bonds. The van der Waals surface area contributed by atoms with E-state index in [1.54, 1.807) is 18.4 Å². The SMILES string of the molecule is CN=C(NCCCc1nnc2n1CCCCC2)N(C)Cc1csc(C(C)OC)n1.I. The first-order chi connectivity index (χ1) is 14.1. The van der Waals surface area contributed by atoms with Crippen molar-refractivity contribution in [2.24, 2.45) is 4.99 Å². The van der Waals surface area contributed by atoms with Gasteiger partial charge >= 0.3 is 0 Å². The van der Waals surface area contributed by atoms with Gasteiger partial charge < -0.3 is 19.5 Å². The molecular weight excluding hydrogens is 513 g/mol. The predicted molar refractivity (Wildman–Crippen MR) is 132 cm³/mol. The molecule has 0 radical (unpaired) electrons. The Labute approximate surface area is 200 Å². The molecule has 3 heterocycles. The molecule has 0 saturated carbocycles. The average molecular weight is 548 g/mol. The summed E-state index contributed by atoms with van der Waals surface area (Å²) in [7, 11) is 5.56. The number of aromatic nitrogens is 4. The molecule has 0 saturated heterocycles. The Morgan fingerprint density at radius 1 is 1.37 bits per heavy atom. The maximum Gasteiger partial charge on any atom is 0.193 e. The highest BCUT2D eigenvalue weighted by molar-refractivity contribution is 14.0. The number of aryl methyl sites for hydroxylation is 2. The third kappa shape index (κ3) is 6.61. The molecule has 10 heteroatoms. The maximum atomic E-state index is 5.35. The molecular formula is C20H34IN7OS. The minimum Gasteiger partial charge on any atom is -0.375 e. The van der Waals surface area contributed by atoms with Crippen LogP contribution in [0.15, 0.2) is 10.4 Å². The Bertz CT molecular complexity index is 807. The van der Waals surface area contributed by atoms with E-state index in [-0.39, 0.29) is 30.1 Å². The Morgan fingerprint density at radius 2 is 2.20 bits per heavy atom. The minimum absolute atomic E-state index is 0. The number of ether oxygens (including phenoxy) is 1. The molecule has 2 aromatic heterocycles. The molecule has 0 aliphatic carbocycles. The Morgan fingerprint density at radius 3 is 2.97 bits per heavy atom. The van der Waals surface area contributed by atoms with Crippen LogP contribution in [0.3, 0.4) is 0 Å². The summed E-state index contributed by atoms with van der Waals surface area (Å²) in [6, 6.07) is 0. The second-order valence-electron chi connectivity index (χ2n) is 7.48. The van der Waals surface area contributed by atoms with Gasteiger partial charge in [-0.25, -0.2) is 4.98 Å². The molecule has 3 rings (SSSR count). The Kier molecular flexibility index (Phi) is 10.5. The number of methoxy groups -OCH3 is 1. The normalized spacial score (nSPS) is 15.1. The van der Waals surface area contributed by atoms with Crippen molar-refractivity contribution < 1.29 is 4.74 Å². The molecule has 1 aliphatic rings. The van der Waals surface area contributed by atoms with Gasteiger partial charge in [0.25, 0.3) is 0 Å². The lowest BCUT2D eigenvalue weighted by Gasteiger charge is -2.21. The zero-order chi connectivity index (χ0) is 20.6. The zero-order valence-corrected chi connectivity index (χ0v) is 21.6. The van der Waals surface area contributed by atoms with Gasteiger partial charge in [0.15, 0.2) is 5.96 Å². The van der Waals surface area contributed by atoms with Crippen LogP contribution >= 0.6 is 35.3 Å². The minimum atomic E-state index is 0. The van der Waals surface area contributed by atoms with E-state index in [9.17, 15) is 0 Å². The van der Waals surface area contributed by atoms with Gasteiger partial charge in [-0.15, -0.1) is 45.5 Å². The van der Waals surface area contributed by atoms with E-state index in [0.29, 0.717) is 6.54 Å². The first-order valence-electron chi connectivity index (χ1n) is 10.4. The number of aliphatic imine (C=N–C) groups is 1. The molecule has 8 nitrogen and oxygen atoms in total. The molecule has 0 bridgehead atoms. The van der Waals surface area contributed by atoms with Crippen molar-refractivity contribution in [1.82, 2.24) is 30.0 Å². The van der Waals surface area contributed by atoms with E-state index >= 15 is 0 Å². The fourth-order valence-electron chi connectivity index (χ4n) is 3.56. The summed E-state index contributed by atoms with van der Waals surface area (Å²) in [5, 5.41) is 15.4. The van der Waals surface area contributed by atoms with Gasteiger partial charge in [-0.1, -0.05) is 6.42 Å². The molecule has 0 spiro atoms. The molecule has 0 aromatic carbocycles. The lowest BCUT2D eigenvalue weighted by atomic mass is 10.2. The van der Waals surface area contributed by atoms with Crippen LogP contribution in [0, 0.1) is 0 Å². The lowest BCUT2D eigenvalue weighted by molar-refractivity contribution is 0.119. The van der Waals surface area contributed by atoms with E-state index in [1.807, 2.05) is 21.0 Å². The third-order valence-electron chi connectivity index (χ3n) is 5.29. The number of nitrogens with one attached hydrogen (secondary N) is 1. The topological polar surface area (TPSA) is 80.5 Å². The molecule has 1 N–H and O–H groups in total. The van der Waals surface area contributed by atoms with Gasteiger partial charge in [-0.3, -0.25) is 4.99 Å². The summed E-state index contributed by atoms with van der Waals surface area (Å²) in [6.45, 7) is 4.64. The van der Waals surface area contributed by atoms with E-state index < -0.39 is 0 Å². The van der Waals surface area contributed by atoms with Crippen LogP contribution in [-0.2, 0) is 30.7 Å². The third-order valence-corrected chi connectivity index (χ3v) is 6.34. The quantitative estimate of drug-likeness (QED) is 0.236. The summed E-state index contributed by atoms with van der Waals surface area (Å²) in [5.41, 5.74) is 1.03. The molecule has 2 aromatic rings. The monoisotopic (exact) mass is 547 g/mol. The van der Waals surface area contributed by atoms with Crippen molar-refractivity contribution in [3.05, 3.63) is 27.7 Å². The second-order valence-corrected chi connectivity index (χ2v) is 8.37. The standard InChI is InChI=1S/C20H33N7OS.HI/c1-15(28-4)19-23-16(14-29-19)13-26(3)20(21-2)22-11-8-10-18-25-24-17-9-6-5-7-12-27(17)18;/h14-15H,5-13H2,1-4H3,(H,21,22);1H. The average Bonchev–Trinajstić information content (AvgIpc) is 3.27. The highest BCUT2D eigenvalue weighted by atomic mass is 127. The van der Waals surface area contributed by atoms with Gasteiger partial charge in [0.05, 0.1) is 12.2 Å². The predicted octanol–water partition coefficient (Wildman–Crippen LogP) is 3.43.